The van der Waals surface area contributed by atoms with Gasteiger partial charge in [0, 0.05) is 17.6 Å². The molecule has 1 aliphatic rings. The van der Waals surface area contributed by atoms with Crippen LogP contribution in [-0.2, 0) is 0 Å². The predicted molar refractivity (Wildman–Crippen MR) is 63.6 cm³/mol. The van der Waals surface area contributed by atoms with Gasteiger partial charge in [-0.1, -0.05) is 32.0 Å². The molecule has 0 fully saturated rings. The maximum Gasteiger partial charge on any atom is 0.125 e. The first-order valence-electron chi connectivity index (χ1n) is 5.82. The fourth-order valence-corrected chi connectivity index (χ4v) is 2.13. The largest absolute Gasteiger partial charge is 0.492 e. The van der Waals surface area contributed by atoms with E-state index in [1.54, 1.807) is 0 Å². The van der Waals surface area contributed by atoms with Crippen molar-refractivity contribution in [2.45, 2.75) is 38.5 Å². The number of nitrogens with one attached hydrogen (secondary N) is 1. The minimum Gasteiger partial charge on any atom is -0.492 e. The number of aliphatic hydroxyl groups is 1. The van der Waals surface area contributed by atoms with Crippen LogP contribution in [0.2, 0.25) is 0 Å². The quantitative estimate of drug-likeness (QED) is 0.801. The fourth-order valence-electron chi connectivity index (χ4n) is 2.13. The molecule has 0 aromatic heterocycles. The second kappa shape index (κ2) is 4.85. The summed E-state index contributed by atoms with van der Waals surface area (Å²) in [6.45, 7) is 4.82. The van der Waals surface area contributed by atoms with E-state index < -0.39 is 6.10 Å². The van der Waals surface area contributed by atoms with Gasteiger partial charge >= 0.3 is 0 Å². The highest BCUT2D eigenvalue weighted by Crippen LogP contribution is 2.30. The molecule has 1 heterocycles. The molecule has 3 nitrogen and oxygen atoms in total. The average molecular weight is 221 g/mol. The van der Waals surface area contributed by atoms with Crippen molar-refractivity contribution in [1.82, 2.24) is 5.32 Å². The number of hydrogen-bond acceptors (Lipinski definition) is 3. The minimum atomic E-state index is -0.435. The van der Waals surface area contributed by atoms with Crippen LogP contribution in [0.1, 0.15) is 31.9 Å². The third-order valence-corrected chi connectivity index (χ3v) is 2.79. The number of rotatable bonds is 2. The van der Waals surface area contributed by atoms with E-state index in [1.807, 2.05) is 24.3 Å². The van der Waals surface area contributed by atoms with Crippen molar-refractivity contribution in [2.75, 3.05) is 6.61 Å². The smallest absolute Gasteiger partial charge is 0.125 e. The Labute approximate surface area is 96.4 Å². The number of benzene rings is 1. The predicted octanol–water partition coefficient (Wildman–Crippen LogP) is 1.87. The summed E-state index contributed by atoms with van der Waals surface area (Å²) in [5.41, 5.74) is 0.899. The van der Waals surface area contributed by atoms with Crippen molar-refractivity contribution in [3.63, 3.8) is 0 Å². The molecule has 3 heteroatoms. The Morgan fingerprint density at radius 3 is 2.88 bits per heavy atom. The first-order valence-corrected chi connectivity index (χ1v) is 5.82. The van der Waals surface area contributed by atoms with Crippen LogP contribution >= 0.6 is 0 Å². The average Bonchev–Trinajstić information content (AvgIpc) is 2.39. The van der Waals surface area contributed by atoms with Gasteiger partial charge < -0.3 is 15.2 Å². The van der Waals surface area contributed by atoms with Gasteiger partial charge in [0.1, 0.15) is 12.4 Å². The molecule has 2 N–H and O–H groups in total. The Hall–Kier alpha value is -1.06. The maximum absolute atomic E-state index is 10.1. The normalized spacial score (nSPS) is 24.8. The van der Waals surface area contributed by atoms with E-state index in [0.717, 1.165) is 11.3 Å². The molecule has 1 aliphatic heterocycles. The Morgan fingerprint density at radius 2 is 2.12 bits per heavy atom. The van der Waals surface area contributed by atoms with Crippen molar-refractivity contribution in [2.24, 2.45) is 0 Å². The molecule has 0 saturated heterocycles. The minimum absolute atomic E-state index is 0.211. The lowest BCUT2D eigenvalue weighted by atomic mass is 10.0. The Kier molecular flexibility index (Phi) is 3.46. The summed E-state index contributed by atoms with van der Waals surface area (Å²) >= 11 is 0. The summed E-state index contributed by atoms with van der Waals surface area (Å²) in [5, 5.41) is 13.5. The van der Waals surface area contributed by atoms with E-state index in [1.165, 1.54) is 0 Å². The van der Waals surface area contributed by atoms with Crippen LogP contribution in [0.4, 0.5) is 0 Å². The van der Waals surface area contributed by atoms with E-state index in [9.17, 15) is 5.11 Å². The fraction of sp³-hybridized carbons (Fsp3) is 0.538. The molecule has 0 bridgehead atoms. The molecule has 0 aliphatic carbocycles. The van der Waals surface area contributed by atoms with E-state index in [2.05, 4.69) is 19.2 Å². The van der Waals surface area contributed by atoms with Gasteiger partial charge in [-0.25, -0.2) is 0 Å². The van der Waals surface area contributed by atoms with Crippen LogP contribution in [0.15, 0.2) is 24.3 Å². The summed E-state index contributed by atoms with van der Waals surface area (Å²) in [4.78, 5) is 0. The zero-order valence-corrected chi connectivity index (χ0v) is 9.81. The molecule has 1 aromatic carbocycles. The Balaban J connectivity index is 2.13. The van der Waals surface area contributed by atoms with Gasteiger partial charge in [0.05, 0.1) is 6.10 Å². The monoisotopic (exact) mass is 221 g/mol. The Morgan fingerprint density at radius 1 is 1.38 bits per heavy atom. The van der Waals surface area contributed by atoms with Crippen molar-refractivity contribution >= 4 is 0 Å². The van der Waals surface area contributed by atoms with Crippen molar-refractivity contribution < 1.29 is 9.84 Å². The summed E-state index contributed by atoms with van der Waals surface area (Å²) in [7, 11) is 0. The van der Waals surface area contributed by atoms with E-state index in [0.29, 0.717) is 19.1 Å². The summed E-state index contributed by atoms with van der Waals surface area (Å²) in [5.74, 6) is 0.808. The molecule has 1 aromatic rings. The van der Waals surface area contributed by atoms with Gasteiger partial charge in [0.15, 0.2) is 0 Å². The number of fused-ring (bicyclic) bond motifs is 1. The maximum atomic E-state index is 10.1. The van der Waals surface area contributed by atoms with Crippen LogP contribution in [-0.4, -0.2) is 23.8 Å². The SMILES string of the molecule is CC(C)N[C@@H]1COc2ccccc2[C@@H](O)C1. The standard InChI is InChI=1S/C13H19NO2/c1-9(2)14-10-7-12(15)11-5-3-4-6-13(11)16-8-10/h3-6,9-10,12,14-15H,7-8H2,1-2H3/t10-,12-/m0/s1. The van der Waals surface area contributed by atoms with E-state index in [-0.39, 0.29) is 6.04 Å². The summed E-state index contributed by atoms with van der Waals surface area (Å²) < 4.78 is 5.71. The summed E-state index contributed by atoms with van der Waals surface area (Å²) in [6, 6.07) is 8.32. The highest BCUT2D eigenvalue weighted by Gasteiger charge is 2.23. The molecule has 0 spiro atoms. The molecule has 0 saturated carbocycles. The molecule has 16 heavy (non-hydrogen) atoms. The second-order valence-corrected chi connectivity index (χ2v) is 4.62. The highest BCUT2D eigenvalue weighted by atomic mass is 16.5. The number of aliphatic hydroxyl groups excluding tert-OH is 1. The number of hydrogen-bond donors (Lipinski definition) is 2. The lowest BCUT2D eigenvalue weighted by molar-refractivity contribution is 0.149. The van der Waals surface area contributed by atoms with Crippen LogP contribution < -0.4 is 10.1 Å². The zero-order chi connectivity index (χ0) is 11.5. The summed E-state index contributed by atoms with van der Waals surface area (Å²) in [6.07, 6.45) is 0.268. The topological polar surface area (TPSA) is 41.5 Å². The van der Waals surface area contributed by atoms with Gasteiger partial charge in [0.25, 0.3) is 0 Å². The van der Waals surface area contributed by atoms with Gasteiger partial charge in [-0.15, -0.1) is 0 Å². The molecule has 0 unspecified atom stereocenters. The van der Waals surface area contributed by atoms with Crippen LogP contribution in [0, 0.1) is 0 Å². The van der Waals surface area contributed by atoms with Gasteiger partial charge in [0.2, 0.25) is 0 Å². The van der Waals surface area contributed by atoms with Gasteiger partial charge in [-0.2, -0.15) is 0 Å². The second-order valence-electron chi connectivity index (χ2n) is 4.62. The first kappa shape index (κ1) is 11.4. The lowest BCUT2D eigenvalue weighted by Gasteiger charge is -2.20. The van der Waals surface area contributed by atoms with Crippen molar-refractivity contribution in [3.05, 3.63) is 29.8 Å². The zero-order valence-electron chi connectivity index (χ0n) is 9.81. The molecule has 88 valence electrons. The molecular formula is C13H19NO2. The van der Waals surface area contributed by atoms with Gasteiger partial charge in [-0.3, -0.25) is 0 Å². The van der Waals surface area contributed by atoms with Crippen LogP contribution in [0.25, 0.3) is 0 Å². The third-order valence-electron chi connectivity index (χ3n) is 2.79. The third kappa shape index (κ3) is 2.54. The molecule has 2 rings (SSSR count). The van der Waals surface area contributed by atoms with E-state index in [4.69, 9.17) is 4.74 Å². The number of para-hydroxylation sites is 1. The van der Waals surface area contributed by atoms with Crippen LogP contribution in [0.3, 0.4) is 0 Å². The molecule has 2 atom stereocenters. The van der Waals surface area contributed by atoms with Gasteiger partial charge in [-0.05, 0) is 12.5 Å². The van der Waals surface area contributed by atoms with Crippen molar-refractivity contribution in [3.8, 4) is 5.75 Å². The van der Waals surface area contributed by atoms with Crippen molar-refractivity contribution in [1.29, 1.82) is 0 Å². The first-order chi connectivity index (χ1) is 7.66. The molecular weight excluding hydrogens is 202 g/mol. The molecule has 0 radical (unpaired) electrons. The Bertz CT molecular complexity index is 352. The van der Waals surface area contributed by atoms with E-state index >= 15 is 0 Å². The molecule has 0 amide bonds. The lowest BCUT2D eigenvalue weighted by Crippen LogP contribution is -2.39. The number of ether oxygens (including phenoxy) is 1. The highest BCUT2D eigenvalue weighted by molar-refractivity contribution is 5.35. The van der Waals surface area contributed by atoms with Crippen LogP contribution in [0.5, 0.6) is 5.75 Å².